The van der Waals surface area contributed by atoms with E-state index in [9.17, 15) is 48.5 Å². The van der Waals surface area contributed by atoms with Crippen molar-refractivity contribution < 1.29 is 48.1 Å². The number of phenolic OH excluding ortho intramolecular Hbond substituents is 4. The van der Waals surface area contributed by atoms with Gasteiger partial charge in [-0.2, -0.15) is 0 Å². The zero-order valence-electron chi connectivity index (χ0n) is 36.3. The molecule has 6 aromatic carbocycles. The summed E-state index contributed by atoms with van der Waals surface area (Å²) in [6.07, 6.45) is 0.710. The van der Waals surface area contributed by atoms with Crippen LogP contribution in [0.15, 0.2) is 126 Å². The molecule has 6 N–H and O–H groups in total. The van der Waals surface area contributed by atoms with Crippen LogP contribution in [0.1, 0.15) is 31.8 Å². The van der Waals surface area contributed by atoms with Crippen LogP contribution in [-0.2, 0) is 14.6 Å². The monoisotopic (exact) mass is 934 g/mol. The molecule has 0 saturated carbocycles. The summed E-state index contributed by atoms with van der Waals surface area (Å²) in [5.41, 5.74) is 7.30. The summed E-state index contributed by atoms with van der Waals surface area (Å²) in [6, 6.07) is 31.5. The predicted octanol–water partition coefficient (Wildman–Crippen LogP) is 7.38. The minimum absolute atomic E-state index is 0.0276. The molecule has 8 rings (SSSR count). The minimum atomic E-state index is -4.32. The SMILES string of the molecule is COC(=O)c1ccc(-c2nc(-c3ccccc3O)nc(-c3ccc(C)cc3O)n2)cc1.Cc1ccc(-c2nc(-c3ccccc3O)nc(-c3ccc(C(N)=O)c(S(C)(=O)=O)c3[N+](=O)[O-])n2)c(O)c1. The maximum atomic E-state index is 12.5. The lowest BCUT2D eigenvalue weighted by atomic mass is 10.1. The molecule has 0 radical (unpaired) electrons. The van der Waals surface area contributed by atoms with Crippen molar-refractivity contribution in [2.45, 2.75) is 18.7 Å². The zero-order valence-corrected chi connectivity index (χ0v) is 37.1. The van der Waals surface area contributed by atoms with E-state index in [0.717, 1.165) is 23.3 Å². The van der Waals surface area contributed by atoms with Crippen molar-refractivity contribution in [1.29, 1.82) is 0 Å². The number of nitro benzene ring substituents is 1. The Morgan fingerprint density at radius 3 is 1.35 bits per heavy atom. The number of para-hydroxylation sites is 2. The smallest absolute Gasteiger partial charge is 0.337 e. The summed E-state index contributed by atoms with van der Waals surface area (Å²) >= 11 is 0. The summed E-state index contributed by atoms with van der Waals surface area (Å²) < 4.78 is 29.8. The lowest BCUT2D eigenvalue weighted by molar-refractivity contribution is -0.387. The van der Waals surface area contributed by atoms with E-state index in [4.69, 9.17) is 10.5 Å². The van der Waals surface area contributed by atoms with Crippen LogP contribution in [-0.4, -0.2) is 88.9 Å². The molecule has 2 aromatic heterocycles. The Labute approximate surface area is 387 Å². The first kappa shape index (κ1) is 46.8. The Kier molecular flexibility index (Phi) is 13.2. The van der Waals surface area contributed by atoms with Gasteiger partial charge in [0.05, 0.1) is 51.0 Å². The van der Waals surface area contributed by atoms with Gasteiger partial charge in [-0.1, -0.05) is 48.5 Å². The number of esters is 1. The maximum absolute atomic E-state index is 12.5. The first-order valence-electron chi connectivity index (χ1n) is 20.0. The highest BCUT2D eigenvalue weighted by Crippen LogP contribution is 2.39. The van der Waals surface area contributed by atoms with Crippen molar-refractivity contribution >= 4 is 27.4 Å². The van der Waals surface area contributed by atoms with Crippen LogP contribution in [0.25, 0.3) is 68.3 Å². The van der Waals surface area contributed by atoms with Gasteiger partial charge in [-0.3, -0.25) is 14.9 Å². The Morgan fingerprint density at radius 2 is 0.971 bits per heavy atom. The lowest BCUT2D eigenvalue weighted by Crippen LogP contribution is -2.18. The molecule has 19 nitrogen and oxygen atoms in total. The van der Waals surface area contributed by atoms with E-state index < -0.39 is 42.8 Å². The van der Waals surface area contributed by atoms with Gasteiger partial charge in [-0.25, -0.2) is 43.1 Å². The number of primary amides is 1. The van der Waals surface area contributed by atoms with Crippen molar-refractivity contribution in [2.75, 3.05) is 13.4 Å². The van der Waals surface area contributed by atoms with E-state index in [0.29, 0.717) is 34.3 Å². The second kappa shape index (κ2) is 19.1. The molecule has 0 aliphatic rings. The molecule has 0 spiro atoms. The van der Waals surface area contributed by atoms with E-state index >= 15 is 0 Å². The number of amides is 1. The molecule has 0 aliphatic carbocycles. The van der Waals surface area contributed by atoms with Crippen LogP contribution < -0.4 is 5.73 Å². The lowest BCUT2D eigenvalue weighted by Gasteiger charge is -2.12. The number of benzene rings is 6. The molecule has 0 bridgehead atoms. The van der Waals surface area contributed by atoms with Crippen LogP contribution >= 0.6 is 0 Å². The summed E-state index contributed by atoms with van der Waals surface area (Å²) in [6.45, 7) is 3.63. The normalized spacial score (nSPS) is 11.0. The number of methoxy groups -OCH3 is 1. The number of hydrogen-bond acceptors (Lipinski definition) is 17. The number of hydrogen-bond donors (Lipinski definition) is 5. The predicted molar refractivity (Wildman–Crippen MR) is 248 cm³/mol. The third kappa shape index (κ3) is 9.89. The number of ether oxygens (including phenoxy) is 1. The van der Waals surface area contributed by atoms with Gasteiger partial charge in [-0.15, -0.1) is 0 Å². The summed E-state index contributed by atoms with van der Waals surface area (Å²) in [5.74, 6) is -1.62. The number of nitrogens with two attached hydrogens (primary N) is 1. The van der Waals surface area contributed by atoms with Gasteiger partial charge in [0.15, 0.2) is 49.7 Å². The van der Waals surface area contributed by atoms with Crippen molar-refractivity contribution in [3.63, 3.8) is 0 Å². The van der Waals surface area contributed by atoms with E-state index in [1.807, 2.05) is 13.0 Å². The standard InChI is InChI=1S/C24H19N5O7S.C24H19N3O4/c1-12-7-8-14(18(31)11-12)23-26-22(13-5-3-4-6-17(13)30)27-24(28-23)15-9-10-16(21(25)32)20(37(2,35)36)19(15)29(33)34;1-14-7-12-18(20(29)13-14)23-26-21(15-8-10-16(11-9-15)24(30)31-2)25-22(27-23)17-5-3-4-6-19(17)28/h3-11,30-31H,1-2H3,(H2,25,32);3-13,28-29H,1-2H3. The Bertz CT molecular complexity index is 3420. The molecular formula is C48H38N8O11S. The molecule has 1 amide bonds. The molecule has 2 heterocycles. The Balaban J connectivity index is 0.000000204. The highest BCUT2D eigenvalue weighted by Gasteiger charge is 2.34. The Morgan fingerprint density at radius 1 is 0.574 bits per heavy atom. The average molecular weight is 935 g/mol. The van der Waals surface area contributed by atoms with Gasteiger partial charge < -0.3 is 30.9 Å². The van der Waals surface area contributed by atoms with Crippen LogP contribution in [0.2, 0.25) is 0 Å². The van der Waals surface area contributed by atoms with Crippen LogP contribution in [0.5, 0.6) is 23.0 Å². The Hall–Kier alpha value is -9.17. The quantitative estimate of drug-likeness (QED) is 0.0507. The molecule has 0 unspecified atom stereocenters. The maximum Gasteiger partial charge on any atom is 0.337 e. The number of aryl methyl sites for hydroxylation is 2. The van der Waals surface area contributed by atoms with E-state index in [-0.39, 0.29) is 68.8 Å². The molecule has 0 atom stereocenters. The number of nitro groups is 1. The van der Waals surface area contributed by atoms with Gasteiger partial charge >= 0.3 is 5.97 Å². The topological polar surface area (TPSA) is 305 Å². The summed E-state index contributed by atoms with van der Waals surface area (Å²) in [5, 5.41) is 53.8. The fourth-order valence-electron chi connectivity index (χ4n) is 6.85. The number of aromatic nitrogens is 6. The largest absolute Gasteiger partial charge is 0.507 e. The highest BCUT2D eigenvalue weighted by molar-refractivity contribution is 7.91. The average Bonchev–Trinajstić information content (AvgIpc) is 3.30. The molecule has 342 valence electrons. The first-order chi connectivity index (χ1) is 32.3. The third-order valence-corrected chi connectivity index (χ3v) is 11.3. The molecule has 0 aliphatic heterocycles. The second-order valence-electron chi connectivity index (χ2n) is 15.0. The van der Waals surface area contributed by atoms with E-state index in [1.54, 1.807) is 85.8 Å². The molecule has 8 aromatic rings. The molecule has 0 fully saturated rings. The van der Waals surface area contributed by atoms with Crippen molar-refractivity contribution in [2.24, 2.45) is 5.73 Å². The van der Waals surface area contributed by atoms with Crippen molar-refractivity contribution in [1.82, 2.24) is 29.9 Å². The van der Waals surface area contributed by atoms with Gasteiger partial charge in [0.25, 0.3) is 5.69 Å². The highest BCUT2D eigenvalue weighted by atomic mass is 32.2. The van der Waals surface area contributed by atoms with Gasteiger partial charge in [0.2, 0.25) is 5.91 Å². The molecular weight excluding hydrogens is 897 g/mol. The first-order valence-corrected chi connectivity index (χ1v) is 21.9. The van der Waals surface area contributed by atoms with E-state index in [1.165, 1.54) is 31.4 Å². The molecule has 0 saturated heterocycles. The fraction of sp³-hybridized carbons (Fsp3) is 0.0833. The summed E-state index contributed by atoms with van der Waals surface area (Å²) in [4.78, 5) is 60.4. The van der Waals surface area contributed by atoms with Crippen LogP contribution in [0.4, 0.5) is 5.69 Å². The number of aromatic hydroxyl groups is 4. The van der Waals surface area contributed by atoms with Crippen molar-refractivity contribution in [3.8, 4) is 91.3 Å². The number of sulfone groups is 1. The third-order valence-electron chi connectivity index (χ3n) is 10.1. The van der Waals surface area contributed by atoms with E-state index in [2.05, 4.69) is 29.9 Å². The van der Waals surface area contributed by atoms with Gasteiger partial charge in [0.1, 0.15) is 23.0 Å². The van der Waals surface area contributed by atoms with Crippen LogP contribution in [0, 0.1) is 24.0 Å². The number of phenols is 4. The number of rotatable bonds is 10. The van der Waals surface area contributed by atoms with Crippen molar-refractivity contribution in [3.05, 3.63) is 154 Å². The zero-order chi connectivity index (χ0) is 49.0. The van der Waals surface area contributed by atoms with Gasteiger partial charge in [-0.05, 0) is 97.8 Å². The summed E-state index contributed by atoms with van der Waals surface area (Å²) in [7, 11) is -3.00. The molecule has 68 heavy (non-hydrogen) atoms. The van der Waals surface area contributed by atoms with Gasteiger partial charge in [0, 0.05) is 11.8 Å². The number of nitrogens with zero attached hydrogens (tertiary/aromatic N) is 7. The minimum Gasteiger partial charge on any atom is -0.507 e. The second-order valence-corrected chi connectivity index (χ2v) is 16.9. The number of carbonyl (C=O) groups is 2. The molecule has 20 heteroatoms. The fourth-order valence-corrected chi connectivity index (χ4v) is 7.95. The van der Waals surface area contributed by atoms with Crippen LogP contribution in [0.3, 0.4) is 0 Å². The number of carbonyl (C=O) groups excluding carboxylic acids is 2.